The lowest BCUT2D eigenvalue weighted by Gasteiger charge is -2.27. The van der Waals surface area contributed by atoms with Gasteiger partial charge in [0, 0.05) is 13.0 Å². The zero-order valence-electron chi connectivity index (χ0n) is 24.4. The minimum atomic E-state index is -1.16. The van der Waals surface area contributed by atoms with E-state index in [1.54, 1.807) is 62.3 Å². The van der Waals surface area contributed by atoms with Crippen molar-refractivity contribution in [1.82, 2.24) is 16.0 Å². The molecule has 5 N–H and O–H groups in total. The van der Waals surface area contributed by atoms with Crippen LogP contribution < -0.4 is 21.7 Å². The summed E-state index contributed by atoms with van der Waals surface area (Å²) < 4.78 is 16.1. The summed E-state index contributed by atoms with van der Waals surface area (Å²) in [6, 6.07) is -2.96. The minimum Gasteiger partial charge on any atom is -0.460 e. The summed E-state index contributed by atoms with van der Waals surface area (Å²) in [7, 11) is 0. The van der Waals surface area contributed by atoms with Crippen LogP contribution in [0.3, 0.4) is 0 Å². The Hall–Kier alpha value is -2.89. The van der Waals surface area contributed by atoms with Crippen molar-refractivity contribution in [3.05, 3.63) is 0 Å². The zero-order valence-corrected chi connectivity index (χ0v) is 24.4. The number of hydrogen-bond donors (Lipinski definition) is 4. The van der Waals surface area contributed by atoms with Crippen molar-refractivity contribution in [3.8, 4) is 0 Å². The second-order valence-corrected chi connectivity index (χ2v) is 12.0. The van der Waals surface area contributed by atoms with Crippen molar-refractivity contribution < 1.29 is 38.2 Å². The van der Waals surface area contributed by atoms with E-state index in [2.05, 4.69) is 16.0 Å². The molecule has 1 unspecified atom stereocenters. The molecule has 2 atom stereocenters. The van der Waals surface area contributed by atoms with Gasteiger partial charge in [-0.2, -0.15) is 0 Å². The normalized spacial score (nSPS) is 13.5. The van der Waals surface area contributed by atoms with Gasteiger partial charge in [0.2, 0.25) is 5.91 Å². The Labute approximate surface area is 226 Å². The van der Waals surface area contributed by atoms with Crippen LogP contribution in [-0.4, -0.2) is 71.8 Å². The quantitative estimate of drug-likeness (QED) is 0.154. The molecule has 0 aromatic heterocycles. The van der Waals surface area contributed by atoms with Crippen molar-refractivity contribution in [2.24, 2.45) is 5.73 Å². The Morgan fingerprint density at radius 2 is 1.13 bits per heavy atom. The van der Waals surface area contributed by atoms with Crippen molar-refractivity contribution in [2.75, 3.05) is 13.1 Å². The third-order valence-corrected chi connectivity index (χ3v) is 4.48. The highest BCUT2D eigenvalue weighted by Crippen LogP contribution is 2.15. The van der Waals surface area contributed by atoms with Gasteiger partial charge in [-0.15, -0.1) is 0 Å². The molecule has 0 rings (SSSR count). The fourth-order valence-electron chi connectivity index (χ4n) is 3.03. The van der Waals surface area contributed by atoms with Gasteiger partial charge in [-0.25, -0.2) is 14.4 Å². The summed E-state index contributed by atoms with van der Waals surface area (Å²) in [5.74, 6) is -2.17. The van der Waals surface area contributed by atoms with E-state index >= 15 is 0 Å². The van der Waals surface area contributed by atoms with Gasteiger partial charge in [0.15, 0.2) is 0 Å². The molecule has 0 saturated carbocycles. The summed E-state index contributed by atoms with van der Waals surface area (Å²) in [6.45, 7) is 15.6. The second-order valence-electron chi connectivity index (χ2n) is 12.0. The summed E-state index contributed by atoms with van der Waals surface area (Å²) in [5, 5.41) is 7.73. The van der Waals surface area contributed by atoms with Crippen LogP contribution in [0.15, 0.2) is 0 Å². The summed E-state index contributed by atoms with van der Waals surface area (Å²) >= 11 is 0. The average Bonchev–Trinajstić information content (AvgIpc) is 2.71. The molecule has 0 saturated heterocycles. The SMILES string of the molecule is CC(C)(C)OC(=O)CC[C@H](NC(=O)NC(CCCCNC(=O)CN)C(=O)OC(C)(C)C)C(=O)OC(C)(C)C. The smallest absolute Gasteiger partial charge is 0.329 e. The van der Waals surface area contributed by atoms with E-state index in [-0.39, 0.29) is 31.7 Å². The van der Waals surface area contributed by atoms with Crippen LogP contribution in [0.25, 0.3) is 0 Å². The first kappa shape index (κ1) is 35.1. The number of unbranched alkanes of at least 4 members (excludes halogenated alkanes) is 1. The molecule has 0 heterocycles. The molecular weight excluding hydrogens is 496 g/mol. The average molecular weight is 545 g/mol. The number of nitrogens with two attached hydrogens (primary N) is 1. The first-order valence-corrected chi connectivity index (χ1v) is 12.9. The summed E-state index contributed by atoms with van der Waals surface area (Å²) in [4.78, 5) is 61.9. The highest BCUT2D eigenvalue weighted by molar-refractivity contribution is 5.87. The number of esters is 3. The maximum Gasteiger partial charge on any atom is 0.329 e. The molecule has 12 nitrogen and oxygen atoms in total. The molecule has 220 valence electrons. The fraction of sp³-hybridized carbons (Fsp3) is 0.808. The second kappa shape index (κ2) is 15.5. The molecule has 0 aliphatic carbocycles. The molecule has 0 fully saturated rings. The monoisotopic (exact) mass is 544 g/mol. The number of urea groups is 1. The first-order valence-electron chi connectivity index (χ1n) is 12.9. The van der Waals surface area contributed by atoms with E-state index in [9.17, 15) is 24.0 Å². The predicted molar refractivity (Wildman–Crippen MR) is 142 cm³/mol. The Morgan fingerprint density at radius 3 is 1.55 bits per heavy atom. The standard InChI is InChI=1S/C26H48N4O8/c1-24(2,3)36-20(32)14-13-18(22(34)38-26(7,8)9)30-23(35)29-17(21(33)37-25(4,5)6)12-10-11-15-28-19(31)16-27/h17-18H,10-16,27H2,1-9H3,(H,28,31)(H2,29,30,35)/t17?,18-/m0/s1. The molecule has 12 heteroatoms. The van der Waals surface area contributed by atoms with Gasteiger partial charge in [-0.05, 0) is 88.0 Å². The molecule has 0 aromatic rings. The maximum atomic E-state index is 12.9. The van der Waals surface area contributed by atoms with Crippen molar-refractivity contribution >= 4 is 29.8 Å². The van der Waals surface area contributed by atoms with Crippen molar-refractivity contribution in [1.29, 1.82) is 0 Å². The molecule has 0 aromatic carbocycles. The lowest BCUT2D eigenvalue weighted by molar-refractivity contribution is -0.159. The largest absolute Gasteiger partial charge is 0.460 e. The van der Waals surface area contributed by atoms with Crippen LogP contribution in [0.4, 0.5) is 4.79 Å². The van der Waals surface area contributed by atoms with E-state index < -0.39 is 52.8 Å². The van der Waals surface area contributed by atoms with Gasteiger partial charge >= 0.3 is 23.9 Å². The van der Waals surface area contributed by atoms with Gasteiger partial charge < -0.3 is 35.9 Å². The van der Waals surface area contributed by atoms with Crippen molar-refractivity contribution in [2.45, 2.75) is 123 Å². The third kappa shape index (κ3) is 18.4. The molecule has 0 spiro atoms. The molecule has 0 aliphatic heterocycles. The minimum absolute atomic E-state index is 0.0603. The summed E-state index contributed by atoms with van der Waals surface area (Å²) in [6.07, 6.45) is 1.07. The van der Waals surface area contributed by atoms with Gasteiger partial charge in [-0.1, -0.05) is 0 Å². The van der Waals surface area contributed by atoms with E-state index in [0.717, 1.165) is 0 Å². The lowest BCUT2D eigenvalue weighted by Crippen LogP contribution is -2.53. The fourth-order valence-corrected chi connectivity index (χ4v) is 3.03. The van der Waals surface area contributed by atoms with Crippen LogP contribution in [0.1, 0.15) is 94.4 Å². The van der Waals surface area contributed by atoms with Crippen LogP contribution in [0.5, 0.6) is 0 Å². The maximum absolute atomic E-state index is 12.9. The van der Waals surface area contributed by atoms with E-state index in [4.69, 9.17) is 19.9 Å². The Bertz CT molecular complexity index is 810. The zero-order chi connectivity index (χ0) is 29.7. The van der Waals surface area contributed by atoms with Gasteiger partial charge in [0.25, 0.3) is 0 Å². The predicted octanol–water partition coefficient (Wildman–Crippen LogP) is 2.07. The highest BCUT2D eigenvalue weighted by atomic mass is 16.6. The van der Waals surface area contributed by atoms with Crippen molar-refractivity contribution in [3.63, 3.8) is 0 Å². The number of rotatable bonds is 13. The Balaban J connectivity index is 5.39. The molecule has 0 bridgehead atoms. The number of nitrogens with one attached hydrogen (secondary N) is 3. The van der Waals surface area contributed by atoms with Gasteiger partial charge in [-0.3, -0.25) is 9.59 Å². The van der Waals surface area contributed by atoms with Crippen LogP contribution in [-0.2, 0) is 33.4 Å². The van der Waals surface area contributed by atoms with E-state index in [1.165, 1.54) is 0 Å². The van der Waals surface area contributed by atoms with Crippen LogP contribution in [0.2, 0.25) is 0 Å². The number of amides is 3. The number of carbonyl (C=O) groups excluding carboxylic acids is 5. The molecular formula is C26H48N4O8. The molecule has 3 amide bonds. The van der Waals surface area contributed by atoms with E-state index in [1.807, 2.05) is 0 Å². The highest BCUT2D eigenvalue weighted by Gasteiger charge is 2.31. The number of carbonyl (C=O) groups is 5. The van der Waals surface area contributed by atoms with Crippen LogP contribution in [0, 0.1) is 0 Å². The Morgan fingerprint density at radius 1 is 0.684 bits per heavy atom. The lowest BCUT2D eigenvalue weighted by atomic mass is 10.1. The topological polar surface area (TPSA) is 175 Å². The molecule has 0 radical (unpaired) electrons. The van der Waals surface area contributed by atoms with Gasteiger partial charge in [0.1, 0.15) is 28.9 Å². The number of hydrogen-bond acceptors (Lipinski definition) is 9. The first-order chi connectivity index (χ1) is 17.2. The third-order valence-electron chi connectivity index (χ3n) is 4.48. The summed E-state index contributed by atoms with van der Waals surface area (Å²) in [5.41, 5.74) is 2.96. The molecule has 38 heavy (non-hydrogen) atoms. The van der Waals surface area contributed by atoms with E-state index in [0.29, 0.717) is 19.4 Å². The van der Waals surface area contributed by atoms with Crippen LogP contribution >= 0.6 is 0 Å². The number of ether oxygens (including phenoxy) is 3. The van der Waals surface area contributed by atoms with Gasteiger partial charge in [0.05, 0.1) is 6.54 Å². The Kier molecular flexibility index (Phi) is 14.3. The molecule has 0 aliphatic rings.